The number of nitrogens with one attached hydrogen (secondary N) is 1. The average molecular weight is 430 g/mol. The molecule has 162 valence electrons. The highest BCUT2D eigenvalue weighted by atomic mass is 19.1. The molecule has 0 saturated heterocycles. The zero-order valence-corrected chi connectivity index (χ0v) is 17.9. The Bertz CT molecular complexity index is 1310. The Labute approximate surface area is 185 Å². The summed E-state index contributed by atoms with van der Waals surface area (Å²) >= 11 is 0. The summed E-state index contributed by atoms with van der Waals surface area (Å²) in [6, 6.07) is 20.4. The van der Waals surface area contributed by atoms with Gasteiger partial charge in [0.1, 0.15) is 11.6 Å². The van der Waals surface area contributed by atoms with Crippen LogP contribution in [0.3, 0.4) is 0 Å². The number of aryl methyl sites for hydroxylation is 1. The van der Waals surface area contributed by atoms with E-state index in [4.69, 9.17) is 4.74 Å². The van der Waals surface area contributed by atoms with Gasteiger partial charge in [-0.2, -0.15) is 0 Å². The van der Waals surface area contributed by atoms with Gasteiger partial charge in [0.05, 0.1) is 13.7 Å². The van der Waals surface area contributed by atoms with E-state index in [9.17, 15) is 14.0 Å². The number of amides is 1. The first-order valence-electron chi connectivity index (χ1n) is 10.2. The highest BCUT2D eigenvalue weighted by Gasteiger charge is 2.19. The second kappa shape index (κ2) is 9.06. The molecule has 0 aliphatic carbocycles. The maximum atomic E-state index is 13.4. The number of nitrogens with zero attached hydrogens (tertiary/aromatic N) is 1. The van der Waals surface area contributed by atoms with Crippen molar-refractivity contribution in [3.63, 3.8) is 0 Å². The average Bonchev–Trinajstić information content (AvgIpc) is 2.80. The van der Waals surface area contributed by atoms with E-state index in [2.05, 4.69) is 4.98 Å². The van der Waals surface area contributed by atoms with Crippen molar-refractivity contribution in [2.24, 2.45) is 0 Å². The summed E-state index contributed by atoms with van der Waals surface area (Å²) in [5.74, 6) is 0.0665. The summed E-state index contributed by atoms with van der Waals surface area (Å²) in [7, 11) is 1.56. The lowest BCUT2D eigenvalue weighted by molar-refractivity contribution is 0.0729. The molecule has 32 heavy (non-hydrogen) atoms. The molecule has 0 spiro atoms. The van der Waals surface area contributed by atoms with E-state index in [-0.39, 0.29) is 30.4 Å². The molecule has 0 unspecified atom stereocenters. The van der Waals surface area contributed by atoms with Gasteiger partial charge in [-0.05, 0) is 72.5 Å². The number of rotatable bonds is 6. The van der Waals surface area contributed by atoms with Crippen LogP contribution in [0, 0.1) is 12.7 Å². The van der Waals surface area contributed by atoms with Crippen LogP contribution in [-0.4, -0.2) is 22.9 Å². The van der Waals surface area contributed by atoms with Gasteiger partial charge in [0, 0.05) is 23.2 Å². The lowest BCUT2D eigenvalue weighted by Gasteiger charge is -2.23. The summed E-state index contributed by atoms with van der Waals surface area (Å²) in [5.41, 5.74) is 3.30. The van der Waals surface area contributed by atoms with E-state index in [0.717, 1.165) is 22.0 Å². The number of carbonyl (C=O) groups is 1. The Kier molecular flexibility index (Phi) is 6.03. The molecule has 1 amide bonds. The third kappa shape index (κ3) is 4.70. The lowest BCUT2D eigenvalue weighted by Crippen LogP contribution is -2.32. The molecule has 1 N–H and O–H groups in total. The number of hydrogen-bond donors (Lipinski definition) is 1. The van der Waals surface area contributed by atoms with E-state index in [0.29, 0.717) is 16.9 Å². The highest BCUT2D eigenvalue weighted by Crippen LogP contribution is 2.19. The van der Waals surface area contributed by atoms with Crippen LogP contribution in [0.25, 0.3) is 10.9 Å². The summed E-state index contributed by atoms with van der Waals surface area (Å²) in [6.07, 6.45) is 0. The standard InChI is InChI=1S/C26H23FN2O3/c1-17-3-12-24-20(13-17)14-21(25(30)28-24)16-29(15-18-4-8-22(27)9-5-18)26(31)19-6-10-23(32-2)11-7-19/h3-14H,15-16H2,1-2H3,(H,28,30). The molecule has 1 heterocycles. The second-order valence-corrected chi connectivity index (χ2v) is 7.73. The number of fused-ring (bicyclic) bond motifs is 1. The SMILES string of the molecule is COc1ccc(C(=O)N(Cc2ccc(F)cc2)Cc2cc3cc(C)ccc3[nH]c2=O)cc1. The van der Waals surface area contributed by atoms with Gasteiger partial charge in [0.15, 0.2) is 0 Å². The first-order chi connectivity index (χ1) is 15.4. The van der Waals surface area contributed by atoms with Crippen molar-refractivity contribution in [3.05, 3.63) is 111 Å². The first kappa shape index (κ1) is 21.3. The number of aromatic nitrogens is 1. The number of H-pyrrole nitrogens is 1. The Hall–Kier alpha value is -3.93. The number of carbonyl (C=O) groups excluding carboxylic acids is 1. The molecule has 0 bridgehead atoms. The maximum Gasteiger partial charge on any atom is 0.254 e. The fraction of sp³-hybridized carbons (Fsp3) is 0.154. The van der Waals surface area contributed by atoms with Crippen molar-refractivity contribution < 1.29 is 13.9 Å². The molecular weight excluding hydrogens is 407 g/mol. The van der Waals surface area contributed by atoms with E-state index in [1.165, 1.54) is 12.1 Å². The fourth-order valence-corrected chi connectivity index (χ4v) is 3.62. The van der Waals surface area contributed by atoms with E-state index in [1.54, 1.807) is 48.4 Å². The molecule has 0 aliphatic heterocycles. The molecule has 4 aromatic rings. The zero-order valence-electron chi connectivity index (χ0n) is 17.9. The minimum atomic E-state index is -0.344. The summed E-state index contributed by atoms with van der Waals surface area (Å²) < 4.78 is 18.5. The Morgan fingerprint density at radius 3 is 2.38 bits per heavy atom. The van der Waals surface area contributed by atoms with Gasteiger partial charge < -0.3 is 14.6 Å². The van der Waals surface area contributed by atoms with Crippen molar-refractivity contribution in [3.8, 4) is 5.75 Å². The number of ether oxygens (including phenoxy) is 1. The molecular formula is C26H23FN2O3. The molecule has 4 rings (SSSR count). The molecule has 6 heteroatoms. The van der Waals surface area contributed by atoms with Gasteiger partial charge in [-0.3, -0.25) is 9.59 Å². The lowest BCUT2D eigenvalue weighted by atomic mass is 10.1. The van der Waals surface area contributed by atoms with Crippen LogP contribution in [0.5, 0.6) is 5.75 Å². The number of halogens is 1. The Morgan fingerprint density at radius 1 is 0.969 bits per heavy atom. The van der Waals surface area contributed by atoms with E-state index in [1.807, 2.05) is 31.2 Å². The molecule has 0 fully saturated rings. The van der Waals surface area contributed by atoms with Crippen molar-refractivity contribution in [2.45, 2.75) is 20.0 Å². The van der Waals surface area contributed by atoms with Gasteiger partial charge in [0.25, 0.3) is 11.5 Å². The van der Waals surface area contributed by atoms with Crippen LogP contribution in [0.4, 0.5) is 4.39 Å². The molecule has 0 radical (unpaired) electrons. The number of benzene rings is 3. The van der Waals surface area contributed by atoms with Crippen molar-refractivity contribution >= 4 is 16.8 Å². The summed E-state index contributed by atoms with van der Waals surface area (Å²) in [5, 5.41) is 0.901. The van der Waals surface area contributed by atoms with Gasteiger partial charge in [-0.25, -0.2) is 4.39 Å². The zero-order chi connectivity index (χ0) is 22.7. The smallest absolute Gasteiger partial charge is 0.254 e. The monoisotopic (exact) mass is 430 g/mol. The highest BCUT2D eigenvalue weighted by molar-refractivity contribution is 5.94. The molecule has 0 atom stereocenters. The van der Waals surface area contributed by atoms with Crippen LogP contribution in [-0.2, 0) is 13.1 Å². The Morgan fingerprint density at radius 2 is 1.69 bits per heavy atom. The van der Waals surface area contributed by atoms with E-state index < -0.39 is 0 Å². The topological polar surface area (TPSA) is 62.4 Å². The predicted octanol–water partition coefficient (Wildman–Crippen LogP) is 4.83. The quantitative estimate of drug-likeness (QED) is 0.477. The van der Waals surface area contributed by atoms with Gasteiger partial charge >= 0.3 is 0 Å². The van der Waals surface area contributed by atoms with Crippen molar-refractivity contribution in [1.82, 2.24) is 9.88 Å². The second-order valence-electron chi connectivity index (χ2n) is 7.73. The van der Waals surface area contributed by atoms with Crippen LogP contribution in [0.1, 0.15) is 27.0 Å². The normalized spacial score (nSPS) is 10.8. The third-order valence-corrected chi connectivity index (χ3v) is 5.35. The van der Waals surface area contributed by atoms with Gasteiger partial charge in [-0.15, -0.1) is 0 Å². The van der Waals surface area contributed by atoms with Crippen LogP contribution < -0.4 is 10.3 Å². The maximum absolute atomic E-state index is 13.4. The van der Waals surface area contributed by atoms with Crippen molar-refractivity contribution in [1.29, 1.82) is 0 Å². The molecule has 0 saturated carbocycles. The largest absolute Gasteiger partial charge is 0.497 e. The molecule has 0 aliphatic rings. The van der Waals surface area contributed by atoms with E-state index >= 15 is 0 Å². The minimum Gasteiger partial charge on any atom is -0.497 e. The van der Waals surface area contributed by atoms with Crippen LogP contribution >= 0.6 is 0 Å². The molecule has 1 aromatic heterocycles. The summed E-state index contributed by atoms with van der Waals surface area (Å²) in [4.78, 5) is 30.6. The molecule has 5 nitrogen and oxygen atoms in total. The van der Waals surface area contributed by atoms with Gasteiger partial charge in [0.2, 0.25) is 0 Å². The molecule has 3 aromatic carbocycles. The third-order valence-electron chi connectivity index (χ3n) is 5.35. The number of aromatic amines is 1. The van der Waals surface area contributed by atoms with Crippen LogP contribution in [0.15, 0.2) is 77.6 Å². The van der Waals surface area contributed by atoms with Crippen LogP contribution in [0.2, 0.25) is 0 Å². The number of methoxy groups -OCH3 is 1. The Balaban J connectivity index is 1.70. The number of hydrogen-bond acceptors (Lipinski definition) is 3. The minimum absolute atomic E-state index is 0.113. The first-order valence-corrected chi connectivity index (χ1v) is 10.2. The fourth-order valence-electron chi connectivity index (χ4n) is 3.62. The summed E-state index contributed by atoms with van der Waals surface area (Å²) in [6.45, 7) is 2.33. The predicted molar refractivity (Wildman–Crippen MR) is 122 cm³/mol. The number of pyridine rings is 1. The van der Waals surface area contributed by atoms with Crippen molar-refractivity contribution in [2.75, 3.05) is 7.11 Å². The van der Waals surface area contributed by atoms with Gasteiger partial charge in [-0.1, -0.05) is 23.8 Å².